The number of benzene rings is 4. The molecule has 0 spiro atoms. The Balaban J connectivity index is 1.66. The summed E-state index contributed by atoms with van der Waals surface area (Å²) in [6, 6.07) is 40.8. The van der Waals surface area contributed by atoms with Gasteiger partial charge in [-0.05, 0) is 54.7 Å². The number of nitrogens with zero attached hydrogens (tertiary/aromatic N) is 2. The average Bonchev–Trinajstić information content (AvgIpc) is 3.31. The maximum atomic E-state index is 2.78. The molecule has 2 aliphatic rings. The van der Waals surface area contributed by atoms with Gasteiger partial charge in [0.05, 0.1) is 17.7 Å². The van der Waals surface area contributed by atoms with Gasteiger partial charge in [-0.25, -0.2) is 0 Å². The van der Waals surface area contributed by atoms with Crippen LogP contribution < -0.4 is 4.90 Å². The summed E-state index contributed by atoms with van der Waals surface area (Å²) in [5, 5.41) is 0. The predicted octanol–water partition coefficient (Wildman–Crippen LogP) is 6.90. The third-order valence-electron chi connectivity index (χ3n) is 7.83. The van der Waals surface area contributed by atoms with Gasteiger partial charge in [-0.1, -0.05) is 103 Å². The Bertz CT molecular complexity index is 1240. The molecule has 1 fully saturated rings. The molecule has 0 radical (unpaired) electrons. The summed E-state index contributed by atoms with van der Waals surface area (Å²) in [7, 11) is 0. The quantitative estimate of drug-likeness (QED) is 0.349. The fraction of sp³-hybridized carbons (Fsp3) is 0.226. The SMILES string of the molecule is Cc1ccccc1N1C(C)N2C(c3ccccc3C2(c2ccccc2)c2ccccc2)[C@@H]1C. The van der Waals surface area contributed by atoms with Crippen LogP contribution in [0.3, 0.4) is 0 Å². The van der Waals surface area contributed by atoms with Gasteiger partial charge in [0.15, 0.2) is 0 Å². The second-order valence-electron chi connectivity index (χ2n) is 9.45. The average molecular weight is 431 g/mol. The normalized spacial score (nSPS) is 23.4. The number of hydrogen-bond acceptors (Lipinski definition) is 2. The number of para-hydroxylation sites is 1. The molecule has 0 aromatic heterocycles. The number of anilines is 1. The van der Waals surface area contributed by atoms with Crippen molar-refractivity contribution >= 4 is 5.69 Å². The molecule has 0 saturated carbocycles. The van der Waals surface area contributed by atoms with Crippen LogP contribution >= 0.6 is 0 Å². The molecule has 2 aliphatic heterocycles. The molecule has 3 atom stereocenters. The molecule has 4 aromatic rings. The molecule has 2 nitrogen and oxygen atoms in total. The van der Waals surface area contributed by atoms with E-state index in [4.69, 9.17) is 0 Å². The zero-order chi connectivity index (χ0) is 22.6. The van der Waals surface area contributed by atoms with Crippen LogP contribution in [-0.4, -0.2) is 17.1 Å². The first-order chi connectivity index (χ1) is 16.2. The summed E-state index contributed by atoms with van der Waals surface area (Å²) in [6.45, 7) is 7.01. The van der Waals surface area contributed by atoms with E-state index >= 15 is 0 Å². The lowest BCUT2D eigenvalue weighted by Gasteiger charge is -2.44. The Morgan fingerprint density at radius 2 is 1.18 bits per heavy atom. The minimum absolute atomic E-state index is 0.221. The van der Waals surface area contributed by atoms with Crippen LogP contribution in [0.1, 0.15) is 47.7 Å². The number of hydrogen-bond donors (Lipinski definition) is 0. The molecule has 1 saturated heterocycles. The predicted molar refractivity (Wildman–Crippen MR) is 136 cm³/mol. The van der Waals surface area contributed by atoms with Gasteiger partial charge in [-0.15, -0.1) is 0 Å². The van der Waals surface area contributed by atoms with Crippen LogP contribution in [0.5, 0.6) is 0 Å². The lowest BCUT2D eigenvalue weighted by atomic mass is 9.76. The lowest BCUT2D eigenvalue weighted by molar-refractivity contribution is 0.125. The smallest absolute Gasteiger partial charge is 0.0997 e. The van der Waals surface area contributed by atoms with Crippen molar-refractivity contribution in [3.8, 4) is 0 Å². The molecule has 33 heavy (non-hydrogen) atoms. The van der Waals surface area contributed by atoms with E-state index < -0.39 is 0 Å². The van der Waals surface area contributed by atoms with Crippen molar-refractivity contribution in [2.24, 2.45) is 0 Å². The minimum atomic E-state index is -0.338. The second-order valence-corrected chi connectivity index (χ2v) is 9.45. The Morgan fingerprint density at radius 3 is 1.82 bits per heavy atom. The van der Waals surface area contributed by atoms with Crippen LogP contribution in [-0.2, 0) is 5.54 Å². The number of aryl methyl sites for hydroxylation is 1. The summed E-state index contributed by atoms with van der Waals surface area (Å²) >= 11 is 0. The molecular weight excluding hydrogens is 400 g/mol. The van der Waals surface area contributed by atoms with Crippen LogP contribution in [0.15, 0.2) is 109 Å². The Kier molecular flexibility index (Phi) is 4.67. The van der Waals surface area contributed by atoms with E-state index in [9.17, 15) is 0 Å². The lowest BCUT2D eigenvalue weighted by Crippen LogP contribution is -2.49. The van der Waals surface area contributed by atoms with Crippen LogP contribution in [0, 0.1) is 6.92 Å². The Labute approximate surface area is 197 Å². The van der Waals surface area contributed by atoms with Crippen LogP contribution in [0.4, 0.5) is 5.69 Å². The van der Waals surface area contributed by atoms with Gasteiger partial charge < -0.3 is 4.90 Å². The van der Waals surface area contributed by atoms with Gasteiger partial charge >= 0.3 is 0 Å². The van der Waals surface area contributed by atoms with Crippen LogP contribution in [0.25, 0.3) is 0 Å². The first kappa shape index (κ1) is 20.3. The third-order valence-corrected chi connectivity index (χ3v) is 7.83. The van der Waals surface area contributed by atoms with E-state index in [1.165, 1.54) is 33.5 Å². The van der Waals surface area contributed by atoms with Gasteiger partial charge in [0.2, 0.25) is 0 Å². The van der Waals surface area contributed by atoms with Crippen molar-refractivity contribution in [3.63, 3.8) is 0 Å². The van der Waals surface area contributed by atoms with Crippen molar-refractivity contribution in [1.82, 2.24) is 4.90 Å². The van der Waals surface area contributed by atoms with Gasteiger partial charge in [0.25, 0.3) is 0 Å². The minimum Gasteiger partial charge on any atom is -0.351 e. The molecule has 4 aromatic carbocycles. The van der Waals surface area contributed by atoms with E-state index in [0.717, 1.165) is 0 Å². The van der Waals surface area contributed by atoms with E-state index in [2.05, 4.69) is 140 Å². The van der Waals surface area contributed by atoms with Gasteiger partial charge in [0, 0.05) is 11.7 Å². The Morgan fingerprint density at radius 1 is 0.636 bits per heavy atom. The van der Waals surface area contributed by atoms with Crippen molar-refractivity contribution in [1.29, 1.82) is 0 Å². The van der Waals surface area contributed by atoms with Gasteiger partial charge in [-0.3, -0.25) is 4.90 Å². The summed E-state index contributed by atoms with van der Waals surface area (Å²) in [6.07, 6.45) is 0.221. The number of fused-ring (bicyclic) bond motifs is 3. The van der Waals surface area contributed by atoms with Crippen LogP contribution in [0.2, 0.25) is 0 Å². The summed E-state index contributed by atoms with van der Waals surface area (Å²) < 4.78 is 0. The standard InChI is InChI=1S/C31H30N2/c1-22-14-10-13-21-29(22)32-23(2)30-27-19-11-12-20-28(27)31(33(30)24(32)3,25-15-6-4-7-16-25)26-17-8-5-9-18-26/h4-21,23-24,30H,1-3H3/t23-,24?,30?/m0/s1. The van der Waals surface area contributed by atoms with E-state index in [1.54, 1.807) is 0 Å². The van der Waals surface area contributed by atoms with E-state index in [-0.39, 0.29) is 11.7 Å². The molecular formula is C31H30N2. The maximum absolute atomic E-state index is 2.78. The van der Waals surface area contributed by atoms with Crippen molar-refractivity contribution in [2.45, 2.75) is 44.6 Å². The highest BCUT2D eigenvalue weighted by atomic mass is 15.5. The highest BCUT2D eigenvalue weighted by molar-refractivity contribution is 5.63. The van der Waals surface area contributed by atoms with Gasteiger partial charge in [-0.2, -0.15) is 0 Å². The molecule has 164 valence electrons. The van der Waals surface area contributed by atoms with Gasteiger partial charge in [0.1, 0.15) is 0 Å². The molecule has 0 aliphatic carbocycles. The van der Waals surface area contributed by atoms with E-state index in [0.29, 0.717) is 12.1 Å². The zero-order valence-corrected chi connectivity index (χ0v) is 19.5. The molecule has 0 N–H and O–H groups in total. The van der Waals surface area contributed by atoms with Crippen molar-refractivity contribution in [2.75, 3.05) is 4.90 Å². The fourth-order valence-corrected chi connectivity index (χ4v) is 6.62. The summed E-state index contributed by atoms with van der Waals surface area (Å²) in [5.41, 5.74) is 7.84. The summed E-state index contributed by atoms with van der Waals surface area (Å²) in [4.78, 5) is 5.41. The molecule has 2 heteroatoms. The highest BCUT2D eigenvalue weighted by Gasteiger charge is 2.60. The summed E-state index contributed by atoms with van der Waals surface area (Å²) in [5.74, 6) is 0. The third kappa shape index (κ3) is 2.71. The Hall–Kier alpha value is -3.36. The molecule has 0 amide bonds. The first-order valence-corrected chi connectivity index (χ1v) is 12.0. The van der Waals surface area contributed by atoms with Crippen molar-refractivity contribution < 1.29 is 0 Å². The van der Waals surface area contributed by atoms with Crippen molar-refractivity contribution in [3.05, 3.63) is 137 Å². The largest absolute Gasteiger partial charge is 0.351 e. The molecule has 2 unspecified atom stereocenters. The monoisotopic (exact) mass is 430 g/mol. The topological polar surface area (TPSA) is 6.48 Å². The number of rotatable bonds is 3. The highest BCUT2D eigenvalue weighted by Crippen LogP contribution is 2.59. The second kappa shape index (κ2) is 7.60. The first-order valence-electron chi connectivity index (χ1n) is 12.0. The zero-order valence-electron chi connectivity index (χ0n) is 19.5. The maximum Gasteiger partial charge on any atom is 0.0997 e. The molecule has 0 bridgehead atoms. The van der Waals surface area contributed by atoms with E-state index in [1.807, 2.05) is 0 Å². The molecule has 6 rings (SSSR count). The fourth-order valence-electron chi connectivity index (χ4n) is 6.62. The molecule has 2 heterocycles.